The van der Waals surface area contributed by atoms with Gasteiger partial charge in [0, 0.05) is 43.5 Å². The van der Waals surface area contributed by atoms with Gasteiger partial charge in [0.25, 0.3) is 0 Å². The van der Waals surface area contributed by atoms with Gasteiger partial charge < -0.3 is 30.1 Å². The maximum absolute atomic E-state index is 13.9. The number of carbonyl (C=O) groups excluding carboxylic acids is 3. The Morgan fingerprint density at radius 2 is 1.85 bits per heavy atom. The van der Waals surface area contributed by atoms with Crippen molar-refractivity contribution < 1.29 is 33.8 Å². The average Bonchev–Trinajstić information content (AvgIpc) is 3.46. The van der Waals surface area contributed by atoms with Crippen LogP contribution in [0.5, 0.6) is 5.75 Å². The number of hydrogen-bond donors (Lipinski definition) is 3. The third-order valence-corrected chi connectivity index (χ3v) is 6.64. The standard InChI is InChI=1S/C25H30N8O7/c1-4-40-25(38)33-9-7-32(8-10-33)24(37)14(5-6-17(34)35)20-21(39-3)19(23-28-30-31-29-23)18-15(22(26)36)11-13(2)12-16(18)27-20/h11-12,14H,4-10H2,1-3H3,(H2,26,36)(H,34,35)(H,28,29,30,31). The van der Waals surface area contributed by atoms with E-state index < -0.39 is 23.9 Å². The van der Waals surface area contributed by atoms with E-state index in [2.05, 4.69) is 20.6 Å². The molecule has 1 fully saturated rings. The van der Waals surface area contributed by atoms with Gasteiger partial charge >= 0.3 is 12.1 Å². The fourth-order valence-corrected chi connectivity index (χ4v) is 4.85. The van der Waals surface area contributed by atoms with Crippen LogP contribution >= 0.6 is 0 Å². The molecule has 0 spiro atoms. The van der Waals surface area contributed by atoms with E-state index in [1.807, 2.05) is 0 Å². The van der Waals surface area contributed by atoms with Crippen molar-refractivity contribution in [3.8, 4) is 17.1 Å². The van der Waals surface area contributed by atoms with Gasteiger partial charge in [0.1, 0.15) is 0 Å². The molecular weight excluding hydrogens is 524 g/mol. The Kier molecular flexibility index (Phi) is 8.40. The van der Waals surface area contributed by atoms with Crippen molar-refractivity contribution in [2.24, 2.45) is 5.73 Å². The number of fused-ring (bicyclic) bond motifs is 1. The molecule has 4 rings (SSSR count). The Bertz CT molecular complexity index is 1430. The number of aromatic amines is 1. The van der Waals surface area contributed by atoms with Crippen LogP contribution in [0.25, 0.3) is 22.3 Å². The SMILES string of the molecule is CCOC(=O)N1CCN(C(=O)C(CCC(=O)O)c2nc3cc(C)cc(C(N)=O)c3c(-c3nn[nH]n3)c2OC)CC1. The number of aryl methyl sites for hydroxylation is 1. The van der Waals surface area contributed by atoms with Crippen LogP contribution in [0, 0.1) is 6.92 Å². The number of H-pyrrole nitrogens is 1. The van der Waals surface area contributed by atoms with Gasteiger partial charge in [0.2, 0.25) is 17.6 Å². The van der Waals surface area contributed by atoms with Crippen LogP contribution in [-0.4, -0.2) is 104 Å². The number of amides is 3. The molecule has 3 aromatic rings. The summed E-state index contributed by atoms with van der Waals surface area (Å²) in [5.41, 5.74) is 7.27. The Morgan fingerprint density at radius 1 is 1.15 bits per heavy atom. The lowest BCUT2D eigenvalue weighted by Gasteiger charge is -2.36. The molecule has 0 aliphatic carbocycles. The first-order valence-electron chi connectivity index (χ1n) is 12.6. The topological polar surface area (TPSA) is 207 Å². The molecule has 1 aliphatic heterocycles. The summed E-state index contributed by atoms with van der Waals surface area (Å²) in [6, 6.07) is 3.32. The van der Waals surface area contributed by atoms with Crippen LogP contribution in [0.15, 0.2) is 12.1 Å². The van der Waals surface area contributed by atoms with Crippen molar-refractivity contribution in [2.45, 2.75) is 32.6 Å². The summed E-state index contributed by atoms with van der Waals surface area (Å²) in [5, 5.41) is 23.9. The van der Waals surface area contributed by atoms with Crippen molar-refractivity contribution in [3.63, 3.8) is 0 Å². The van der Waals surface area contributed by atoms with Gasteiger partial charge in [0.15, 0.2) is 5.75 Å². The van der Waals surface area contributed by atoms with E-state index in [-0.39, 0.29) is 79.9 Å². The molecule has 1 aliphatic rings. The molecule has 0 saturated carbocycles. The van der Waals surface area contributed by atoms with Gasteiger partial charge in [0.05, 0.1) is 36.4 Å². The Morgan fingerprint density at radius 3 is 2.42 bits per heavy atom. The summed E-state index contributed by atoms with van der Waals surface area (Å²) < 4.78 is 10.8. The highest BCUT2D eigenvalue weighted by atomic mass is 16.6. The van der Waals surface area contributed by atoms with Crippen molar-refractivity contribution in [3.05, 3.63) is 29.0 Å². The van der Waals surface area contributed by atoms with E-state index in [4.69, 9.17) is 20.2 Å². The zero-order valence-electron chi connectivity index (χ0n) is 22.3. The predicted octanol–water partition coefficient (Wildman–Crippen LogP) is 1.08. The summed E-state index contributed by atoms with van der Waals surface area (Å²) >= 11 is 0. The number of aromatic nitrogens is 5. The molecule has 40 heavy (non-hydrogen) atoms. The van der Waals surface area contributed by atoms with Crippen molar-refractivity contribution in [2.75, 3.05) is 39.9 Å². The van der Waals surface area contributed by atoms with E-state index in [9.17, 15) is 24.3 Å². The zero-order chi connectivity index (χ0) is 29.0. The van der Waals surface area contributed by atoms with Crippen LogP contribution in [0.2, 0.25) is 0 Å². The molecule has 1 unspecified atom stereocenters. The van der Waals surface area contributed by atoms with Gasteiger partial charge in [-0.25, -0.2) is 9.78 Å². The largest absolute Gasteiger partial charge is 0.494 e. The number of rotatable bonds is 9. The minimum Gasteiger partial charge on any atom is -0.494 e. The summed E-state index contributed by atoms with van der Waals surface area (Å²) in [5.74, 6) is -3.05. The number of nitrogens with two attached hydrogens (primary N) is 1. The third-order valence-electron chi connectivity index (χ3n) is 6.64. The number of nitrogens with one attached hydrogen (secondary N) is 1. The highest BCUT2D eigenvalue weighted by molar-refractivity contribution is 6.12. The van der Waals surface area contributed by atoms with Crippen LogP contribution < -0.4 is 10.5 Å². The number of tetrazole rings is 1. The number of ether oxygens (including phenoxy) is 2. The summed E-state index contributed by atoms with van der Waals surface area (Å²) in [6.45, 7) is 4.68. The summed E-state index contributed by atoms with van der Waals surface area (Å²) in [6.07, 6.45) is -0.860. The lowest BCUT2D eigenvalue weighted by Crippen LogP contribution is -2.51. The highest BCUT2D eigenvalue weighted by Gasteiger charge is 2.35. The Labute approximate surface area is 228 Å². The number of primary amides is 1. The second kappa shape index (κ2) is 11.9. The lowest BCUT2D eigenvalue weighted by molar-refractivity contribution is -0.138. The quantitative estimate of drug-likeness (QED) is 0.341. The molecule has 4 N–H and O–H groups in total. The van der Waals surface area contributed by atoms with E-state index in [0.29, 0.717) is 16.5 Å². The monoisotopic (exact) mass is 554 g/mol. The first-order valence-corrected chi connectivity index (χ1v) is 12.6. The molecule has 15 heteroatoms. The molecule has 1 atom stereocenters. The third kappa shape index (κ3) is 5.62. The smallest absolute Gasteiger partial charge is 0.409 e. The molecule has 2 aromatic heterocycles. The summed E-state index contributed by atoms with van der Waals surface area (Å²) in [7, 11) is 1.37. The minimum absolute atomic E-state index is 0.0735. The molecule has 0 radical (unpaired) electrons. The van der Waals surface area contributed by atoms with E-state index in [1.54, 1.807) is 30.9 Å². The van der Waals surface area contributed by atoms with E-state index >= 15 is 0 Å². The van der Waals surface area contributed by atoms with E-state index in [1.165, 1.54) is 12.0 Å². The van der Waals surface area contributed by atoms with Gasteiger partial charge in [-0.15, -0.1) is 10.2 Å². The van der Waals surface area contributed by atoms with Crippen molar-refractivity contribution in [1.29, 1.82) is 0 Å². The number of methoxy groups -OCH3 is 1. The zero-order valence-corrected chi connectivity index (χ0v) is 22.3. The number of pyridine rings is 1. The van der Waals surface area contributed by atoms with Gasteiger partial charge in [-0.3, -0.25) is 14.4 Å². The highest BCUT2D eigenvalue weighted by Crippen LogP contribution is 2.42. The van der Waals surface area contributed by atoms with Crippen LogP contribution in [-0.2, 0) is 14.3 Å². The number of carboxylic acid groups (broad SMARTS) is 1. The molecule has 15 nitrogen and oxygen atoms in total. The molecule has 1 saturated heterocycles. The van der Waals surface area contributed by atoms with Crippen molar-refractivity contribution in [1.82, 2.24) is 35.4 Å². The average molecular weight is 555 g/mol. The first-order chi connectivity index (χ1) is 19.2. The fraction of sp³-hybridized carbons (Fsp3) is 0.440. The lowest BCUT2D eigenvalue weighted by atomic mass is 9.91. The van der Waals surface area contributed by atoms with Crippen molar-refractivity contribution >= 4 is 34.8 Å². The molecular formula is C25H30N8O7. The predicted molar refractivity (Wildman–Crippen MR) is 140 cm³/mol. The summed E-state index contributed by atoms with van der Waals surface area (Å²) in [4.78, 5) is 57.9. The van der Waals surface area contributed by atoms with Gasteiger partial charge in [-0.1, -0.05) is 0 Å². The number of nitrogens with zero attached hydrogens (tertiary/aromatic N) is 6. The van der Waals surface area contributed by atoms with Gasteiger partial charge in [-0.05, 0) is 43.2 Å². The Balaban J connectivity index is 1.86. The first kappa shape index (κ1) is 28.2. The molecule has 3 amide bonds. The van der Waals surface area contributed by atoms with Gasteiger partial charge in [-0.2, -0.15) is 5.21 Å². The number of benzene rings is 1. The molecule has 212 valence electrons. The van der Waals surface area contributed by atoms with Crippen LogP contribution in [0.3, 0.4) is 0 Å². The molecule has 1 aromatic carbocycles. The normalized spacial score (nSPS) is 14.2. The number of carbonyl (C=O) groups is 4. The second-order valence-corrected chi connectivity index (χ2v) is 9.21. The van der Waals surface area contributed by atoms with Crippen LogP contribution in [0.4, 0.5) is 4.79 Å². The Hall–Kier alpha value is -4.82. The molecule has 0 bridgehead atoms. The fourth-order valence-electron chi connectivity index (χ4n) is 4.85. The minimum atomic E-state index is -1.09. The number of piperazine rings is 1. The van der Waals surface area contributed by atoms with Crippen LogP contribution in [0.1, 0.15) is 47.3 Å². The number of carboxylic acids is 1. The number of aliphatic carboxylic acids is 1. The maximum Gasteiger partial charge on any atom is 0.409 e. The van der Waals surface area contributed by atoms with E-state index in [0.717, 1.165) is 0 Å². The maximum atomic E-state index is 13.9. The number of hydrogen-bond acceptors (Lipinski definition) is 10. The molecule has 3 heterocycles. The second-order valence-electron chi connectivity index (χ2n) is 9.21.